The van der Waals surface area contributed by atoms with Crippen molar-refractivity contribution in [3.05, 3.63) is 28.2 Å². The van der Waals surface area contributed by atoms with Crippen LogP contribution in [0.1, 0.15) is 38.2 Å². The fraction of sp³-hybridized carbons (Fsp3) is 0.600. The molecule has 0 bridgehead atoms. The number of hydrogen-bond donors (Lipinski definition) is 2. The van der Waals surface area contributed by atoms with Crippen molar-refractivity contribution in [2.45, 2.75) is 44.4 Å². The third-order valence-corrected chi connectivity index (χ3v) is 4.46. The molecule has 0 spiro atoms. The molecule has 0 saturated heterocycles. The fourth-order valence-corrected chi connectivity index (χ4v) is 3.32. The number of aliphatic hydroxyl groups is 1. The Morgan fingerprint density at radius 3 is 2.76 bits per heavy atom. The van der Waals surface area contributed by atoms with Gasteiger partial charge in [-0.25, -0.2) is 0 Å². The molecule has 1 fully saturated rings. The van der Waals surface area contributed by atoms with Gasteiger partial charge in [0.15, 0.2) is 0 Å². The molecule has 0 aliphatic heterocycles. The van der Waals surface area contributed by atoms with Crippen LogP contribution in [0.25, 0.3) is 0 Å². The van der Waals surface area contributed by atoms with E-state index in [9.17, 15) is 18.3 Å². The van der Waals surface area contributed by atoms with Crippen molar-refractivity contribution >= 4 is 21.6 Å². The minimum absolute atomic E-state index is 0.0114. The first-order valence-corrected chi connectivity index (χ1v) is 7.82. The molecule has 1 saturated carbocycles. The van der Waals surface area contributed by atoms with E-state index in [2.05, 4.69) is 28.2 Å². The molecule has 0 radical (unpaired) electrons. The number of alkyl halides is 3. The quantitative estimate of drug-likeness (QED) is 0.804. The Bertz CT molecular complexity index is 506. The highest BCUT2D eigenvalue weighted by Gasteiger charge is 2.36. The molecule has 2 rings (SSSR count). The van der Waals surface area contributed by atoms with E-state index < -0.39 is 17.3 Å². The van der Waals surface area contributed by atoms with Crippen molar-refractivity contribution < 1.29 is 18.3 Å². The molecule has 2 unspecified atom stereocenters. The van der Waals surface area contributed by atoms with E-state index in [0.29, 0.717) is 23.2 Å². The average molecular weight is 366 g/mol. The summed E-state index contributed by atoms with van der Waals surface area (Å²) in [7, 11) is 0. The van der Waals surface area contributed by atoms with Crippen LogP contribution in [-0.4, -0.2) is 17.3 Å². The number of anilines is 1. The predicted octanol–water partition coefficient (Wildman–Crippen LogP) is 4.82. The molecule has 1 aliphatic carbocycles. The van der Waals surface area contributed by atoms with Crippen LogP contribution < -0.4 is 5.32 Å². The zero-order chi connectivity index (χ0) is 15.7. The van der Waals surface area contributed by atoms with Crippen molar-refractivity contribution in [1.29, 1.82) is 0 Å². The van der Waals surface area contributed by atoms with Crippen LogP contribution in [0.5, 0.6) is 0 Å². The second-order valence-electron chi connectivity index (χ2n) is 5.97. The smallest absolute Gasteiger partial charge is 0.388 e. The van der Waals surface area contributed by atoms with E-state index in [1.165, 1.54) is 6.07 Å². The molecule has 2 N–H and O–H groups in total. The molecule has 1 aliphatic rings. The third-order valence-electron chi connectivity index (χ3n) is 3.96. The van der Waals surface area contributed by atoms with E-state index in [4.69, 9.17) is 0 Å². The summed E-state index contributed by atoms with van der Waals surface area (Å²) in [6.45, 7) is 2.20. The normalized spacial score (nSPS) is 26.7. The number of rotatable bonds is 3. The van der Waals surface area contributed by atoms with Crippen molar-refractivity contribution in [1.82, 2.24) is 0 Å². The van der Waals surface area contributed by atoms with E-state index in [1.54, 1.807) is 6.07 Å². The Kier molecular flexibility index (Phi) is 4.88. The lowest BCUT2D eigenvalue weighted by molar-refractivity contribution is -0.137. The van der Waals surface area contributed by atoms with Crippen molar-refractivity contribution in [3.63, 3.8) is 0 Å². The van der Waals surface area contributed by atoms with Gasteiger partial charge in [-0.1, -0.05) is 35.7 Å². The van der Waals surface area contributed by atoms with Gasteiger partial charge in [0.25, 0.3) is 0 Å². The highest BCUT2D eigenvalue weighted by atomic mass is 79.9. The monoisotopic (exact) mass is 365 g/mol. The van der Waals surface area contributed by atoms with E-state index >= 15 is 0 Å². The molecule has 2 atom stereocenters. The van der Waals surface area contributed by atoms with Gasteiger partial charge in [-0.05, 0) is 37.0 Å². The van der Waals surface area contributed by atoms with Crippen LogP contribution in [-0.2, 0) is 6.18 Å². The Hall–Kier alpha value is -0.750. The lowest BCUT2D eigenvalue weighted by Gasteiger charge is -2.36. The summed E-state index contributed by atoms with van der Waals surface area (Å²) in [5.41, 5.74) is -1.63. The van der Waals surface area contributed by atoms with Crippen molar-refractivity contribution in [3.8, 4) is 0 Å². The highest BCUT2D eigenvalue weighted by molar-refractivity contribution is 9.10. The maximum Gasteiger partial charge on any atom is 0.418 e. The van der Waals surface area contributed by atoms with E-state index in [0.717, 1.165) is 18.9 Å². The molecular weight excluding hydrogens is 347 g/mol. The zero-order valence-electron chi connectivity index (χ0n) is 11.8. The van der Waals surface area contributed by atoms with E-state index in [-0.39, 0.29) is 12.2 Å². The molecule has 2 nitrogen and oxygen atoms in total. The first kappa shape index (κ1) is 16.6. The van der Waals surface area contributed by atoms with Gasteiger partial charge in [0.05, 0.1) is 11.2 Å². The summed E-state index contributed by atoms with van der Waals surface area (Å²) in [5.74, 6) is 0.401. The largest absolute Gasteiger partial charge is 0.418 e. The van der Waals surface area contributed by atoms with Gasteiger partial charge < -0.3 is 10.4 Å². The molecule has 6 heteroatoms. The lowest BCUT2D eigenvalue weighted by atomic mass is 9.79. The van der Waals surface area contributed by atoms with Gasteiger partial charge in [0, 0.05) is 16.7 Å². The van der Waals surface area contributed by atoms with Gasteiger partial charge in [0.2, 0.25) is 0 Å². The van der Waals surface area contributed by atoms with Gasteiger partial charge in [-0.2, -0.15) is 13.2 Å². The van der Waals surface area contributed by atoms with Crippen LogP contribution in [0.3, 0.4) is 0 Å². The molecular formula is C15H19BrF3NO. The molecule has 1 aromatic carbocycles. The maximum atomic E-state index is 13.0. The van der Waals surface area contributed by atoms with Gasteiger partial charge in [-0.3, -0.25) is 0 Å². The molecule has 0 heterocycles. The van der Waals surface area contributed by atoms with Crippen LogP contribution in [0.2, 0.25) is 0 Å². The van der Waals surface area contributed by atoms with Gasteiger partial charge >= 0.3 is 6.18 Å². The maximum absolute atomic E-state index is 13.0. The molecule has 1 aromatic rings. The zero-order valence-corrected chi connectivity index (χ0v) is 13.4. The summed E-state index contributed by atoms with van der Waals surface area (Å²) in [6.07, 6.45) is -1.20. The van der Waals surface area contributed by atoms with Crippen LogP contribution in [0.4, 0.5) is 18.9 Å². The Balaban J connectivity index is 2.13. The van der Waals surface area contributed by atoms with Crippen LogP contribution in [0.15, 0.2) is 22.7 Å². The first-order chi connectivity index (χ1) is 9.70. The van der Waals surface area contributed by atoms with Crippen molar-refractivity contribution in [2.24, 2.45) is 5.92 Å². The Morgan fingerprint density at radius 1 is 1.43 bits per heavy atom. The third kappa shape index (κ3) is 4.36. The molecule has 118 valence electrons. The number of hydrogen-bond acceptors (Lipinski definition) is 2. The van der Waals surface area contributed by atoms with Crippen LogP contribution >= 0.6 is 15.9 Å². The fourth-order valence-electron chi connectivity index (χ4n) is 2.96. The van der Waals surface area contributed by atoms with E-state index in [1.807, 2.05) is 0 Å². The predicted molar refractivity (Wildman–Crippen MR) is 80.2 cm³/mol. The Morgan fingerprint density at radius 2 is 2.14 bits per heavy atom. The summed E-state index contributed by atoms with van der Waals surface area (Å²) in [5, 5.41) is 13.3. The Labute approximate surface area is 130 Å². The average Bonchev–Trinajstić information content (AvgIpc) is 2.36. The second-order valence-corrected chi connectivity index (χ2v) is 6.88. The van der Waals surface area contributed by atoms with Crippen LogP contribution in [0, 0.1) is 5.92 Å². The first-order valence-electron chi connectivity index (χ1n) is 7.03. The minimum atomic E-state index is -4.42. The SMILES string of the molecule is CC1CCCC(O)(CNc2ccc(Br)cc2C(F)(F)F)C1. The number of benzene rings is 1. The van der Waals surface area contributed by atoms with Crippen molar-refractivity contribution in [2.75, 3.05) is 11.9 Å². The summed E-state index contributed by atoms with van der Waals surface area (Å²) < 4.78 is 39.5. The topological polar surface area (TPSA) is 32.3 Å². The second kappa shape index (κ2) is 6.16. The lowest BCUT2D eigenvalue weighted by Crippen LogP contribution is -2.41. The molecule has 21 heavy (non-hydrogen) atoms. The molecule has 0 aromatic heterocycles. The standard InChI is InChI=1S/C15H19BrF3NO/c1-10-3-2-6-14(21,8-10)9-20-13-5-4-11(16)7-12(13)15(17,18)19/h4-5,7,10,20-21H,2-3,6,8-9H2,1H3. The highest BCUT2D eigenvalue weighted by Crippen LogP contribution is 2.38. The number of halogens is 4. The van der Waals surface area contributed by atoms with Gasteiger partial charge in [-0.15, -0.1) is 0 Å². The summed E-state index contributed by atoms with van der Waals surface area (Å²) >= 11 is 3.06. The number of nitrogens with one attached hydrogen (secondary N) is 1. The summed E-state index contributed by atoms with van der Waals surface area (Å²) in [4.78, 5) is 0. The minimum Gasteiger partial charge on any atom is -0.388 e. The molecule has 0 amide bonds. The van der Waals surface area contributed by atoms with Gasteiger partial charge in [0.1, 0.15) is 0 Å². The summed E-state index contributed by atoms with van der Waals surface area (Å²) in [6, 6.07) is 4.00.